The summed E-state index contributed by atoms with van der Waals surface area (Å²) in [6.45, 7) is 1.33. The second-order valence-corrected chi connectivity index (χ2v) is 3.94. The van der Waals surface area contributed by atoms with Crippen molar-refractivity contribution in [1.29, 1.82) is 0 Å². The second kappa shape index (κ2) is 4.40. The van der Waals surface area contributed by atoms with Crippen LogP contribution in [0.5, 0.6) is 0 Å². The molecule has 5 heteroatoms. The maximum atomic E-state index is 12.0. The van der Waals surface area contributed by atoms with E-state index in [1.807, 2.05) is 31.1 Å². The zero-order valence-corrected chi connectivity index (χ0v) is 9.42. The Labute approximate surface area is 93.3 Å². The number of fused-ring (bicyclic) bond motifs is 1. The molecule has 1 heterocycles. The van der Waals surface area contributed by atoms with E-state index in [1.165, 1.54) is 4.68 Å². The van der Waals surface area contributed by atoms with E-state index in [-0.39, 0.29) is 5.56 Å². The highest BCUT2D eigenvalue weighted by molar-refractivity contribution is 5.76. The van der Waals surface area contributed by atoms with Crippen molar-refractivity contribution in [2.24, 2.45) is 0 Å². The van der Waals surface area contributed by atoms with Crippen molar-refractivity contribution in [3.05, 3.63) is 34.6 Å². The first-order chi connectivity index (χ1) is 7.68. The van der Waals surface area contributed by atoms with Gasteiger partial charge < -0.3 is 4.90 Å². The molecule has 0 unspecified atom stereocenters. The fourth-order valence-corrected chi connectivity index (χ4v) is 1.46. The minimum absolute atomic E-state index is 0.0764. The van der Waals surface area contributed by atoms with Crippen LogP contribution in [0.25, 0.3) is 10.9 Å². The Hall–Kier alpha value is -1.75. The molecule has 0 atom stereocenters. The minimum atomic E-state index is -0.0764. The summed E-state index contributed by atoms with van der Waals surface area (Å²) in [5, 5.41) is 8.54. The lowest BCUT2D eigenvalue weighted by Gasteiger charge is -2.09. The molecule has 0 saturated heterocycles. The number of likely N-dealkylation sites (N-methyl/N-ethyl adjacent to an activating group) is 1. The van der Waals surface area contributed by atoms with Gasteiger partial charge in [-0.1, -0.05) is 17.3 Å². The molecule has 16 heavy (non-hydrogen) atoms. The number of hydrogen-bond acceptors (Lipinski definition) is 4. The first-order valence-electron chi connectivity index (χ1n) is 5.16. The Morgan fingerprint density at radius 3 is 2.81 bits per heavy atom. The summed E-state index contributed by atoms with van der Waals surface area (Å²) in [6.07, 6.45) is 0. The quantitative estimate of drug-likeness (QED) is 0.746. The molecule has 2 rings (SSSR count). The zero-order chi connectivity index (χ0) is 11.5. The van der Waals surface area contributed by atoms with Gasteiger partial charge >= 0.3 is 0 Å². The summed E-state index contributed by atoms with van der Waals surface area (Å²) in [5.41, 5.74) is 0.570. The molecule has 2 aromatic rings. The molecule has 0 fully saturated rings. The molecular weight excluding hydrogens is 204 g/mol. The van der Waals surface area contributed by atoms with E-state index in [9.17, 15) is 4.79 Å². The number of aromatic nitrogens is 3. The van der Waals surface area contributed by atoms with Crippen LogP contribution in [0.3, 0.4) is 0 Å². The standard InChI is InChI=1S/C11H14N4O/c1-14(2)7-8-15-11(16)9-5-3-4-6-10(9)12-13-15/h3-6H,7-8H2,1-2H3. The van der Waals surface area contributed by atoms with Crippen LogP contribution in [0.1, 0.15) is 0 Å². The highest BCUT2D eigenvalue weighted by Gasteiger charge is 2.04. The Morgan fingerprint density at radius 1 is 1.31 bits per heavy atom. The highest BCUT2D eigenvalue weighted by Crippen LogP contribution is 2.02. The second-order valence-electron chi connectivity index (χ2n) is 3.94. The molecule has 0 amide bonds. The average Bonchev–Trinajstić information content (AvgIpc) is 2.28. The fraction of sp³-hybridized carbons (Fsp3) is 0.364. The predicted molar refractivity (Wildman–Crippen MR) is 62.4 cm³/mol. The zero-order valence-electron chi connectivity index (χ0n) is 9.42. The number of benzene rings is 1. The van der Waals surface area contributed by atoms with Gasteiger partial charge in [0, 0.05) is 6.54 Å². The molecule has 0 saturated carbocycles. The summed E-state index contributed by atoms with van der Waals surface area (Å²) in [6, 6.07) is 7.25. The smallest absolute Gasteiger partial charge is 0.277 e. The largest absolute Gasteiger partial charge is 0.308 e. The van der Waals surface area contributed by atoms with Gasteiger partial charge in [-0.05, 0) is 26.2 Å². The first kappa shape index (κ1) is 10.8. The Morgan fingerprint density at radius 2 is 2.06 bits per heavy atom. The van der Waals surface area contributed by atoms with Gasteiger partial charge in [0.15, 0.2) is 0 Å². The van der Waals surface area contributed by atoms with Gasteiger partial charge in [0.1, 0.15) is 5.52 Å². The van der Waals surface area contributed by atoms with Gasteiger partial charge in [-0.2, -0.15) is 0 Å². The molecule has 0 bridgehead atoms. The van der Waals surface area contributed by atoms with E-state index in [1.54, 1.807) is 12.1 Å². The summed E-state index contributed by atoms with van der Waals surface area (Å²) in [5.74, 6) is 0. The monoisotopic (exact) mass is 218 g/mol. The first-order valence-corrected chi connectivity index (χ1v) is 5.16. The van der Waals surface area contributed by atoms with Crippen LogP contribution in [0, 0.1) is 0 Å². The lowest BCUT2D eigenvalue weighted by atomic mass is 10.2. The van der Waals surface area contributed by atoms with E-state index < -0.39 is 0 Å². The van der Waals surface area contributed by atoms with Crippen molar-refractivity contribution >= 4 is 10.9 Å². The van der Waals surface area contributed by atoms with Crippen LogP contribution in [-0.4, -0.2) is 40.5 Å². The molecule has 0 aliphatic heterocycles. The number of hydrogen-bond donors (Lipinski definition) is 0. The molecule has 1 aromatic carbocycles. The number of nitrogens with zero attached hydrogens (tertiary/aromatic N) is 4. The van der Waals surface area contributed by atoms with Crippen LogP contribution in [0.4, 0.5) is 0 Å². The van der Waals surface area contributed by atoms with Gasteiger partial charge in [-0.15, -0.1) is 5.10 Å². The molecular formula is C11H14N4O. The van der Waals surface area contributed by atoms with E-state index >= 15 is 0 Å². The van der Waals surface area contributed by atoms with Crippen LogP contribution in [0.2, 0.25) is 0 Å². The third kappa shape index (κ3) is 2.09. The molecule has 0 spiro atoms. The summed E-state index contributed by atoms with van der Waals surface area (Å²) in [4.78, 5) is 14.0. The van der Waals surface area contributed by atoms with Crippen molar-refractivity contribution < 1.29 is 0 Å². The maximum Gasteiger partial charge on any atom is 0.277 e. The molecule has 84 valence electrons. The van der Waals surface area contributed by atoms with Crippen molar-refractivity contribution in [2.75, 3.05) is 20.6 Å². The van der Waals surface area contributed by atoms with Crippen LogP contribution in [0.15, 0.2) is 29.1 Å². The van der Waals surface area contributed by atoms with Gasteiger partial charge in [-0.3, -0.25) is 4.79 Å². The summed E-state index contributed by atoms with van der Waals surface area (Å²) >= 11 is 0. The molecule has 0 aliphatic carbocycles. The predicted octanol–water partition coefficient (Wildman–Crippen LogP) is 0.353. The molecule has 0 radical (unpaired) electrons. The fourth-order valence-electron chi connectivity index (χ4n) is 1.46. The van der Waals surface area contributed by atoms with Gasteiger partial charge in [-0.25, -0.2) is 4.68 Å². The van der Waals surface area contributed by atoms with Crippen molar-refractivity contribution in [3.63, 3.8) is 0 Å². The van der Waals surface area contributed by atoms with Gasteiger partial charge in [0.25, 0.3) is 5.56 Å². The molecule has 1 aromatic heterocycles. The maximum absolute atomic E-state index is 12.0. The Balaban J connectivity index is 2.41. The number of rotatable bonds is 3. The third-order valence-corrected chi connectivity index (χ3v) is 2.39. The van der Waals surface area contributed by atoms with Crippen molar-refractivity contribution in [1.82, 2.24) is 19.9 Å². The highest BCUT2D eigenvalue weighted by atomic mass is 16.1. The summed E-state index contributed by atoms with van der Waals surface area (Å²) < 4.78 is 1.41. The van der Waals surface area contributed by atoms with E-state index in [4.69, 9.17) is 0 Å². The van der Waals surface area contributed by atoms with Crippen molar-refractivity contribution in [3.8, 4) is 0 Å². The third-order valence-electron chi connectivity index (χ3n) is 2.39. The van der Waals surface area contributed by atoms with Crippen LogP contribution in [-0.2, 0) is 6.54 Å². The summed E-state index contributed by atoms with van der Waals surface area (Å²) in [7, 11) is 3.92. The molecule has 5 nitrogen and oxygen atoms in total. The van der Waals surface area contributed by atoms with E-state index in [2.05, 4.69) is 10.3 Å². The topological polar surface area (TPSA) is 51.0 Å². The average molecular weight is 218 g/mol. The Kier molecular flexibility index (Phi) is 2.96. The lowest BCUT2D eigenvalue weighted by Crippen LogP contribution is -2.29. The van der Waals surface area contributed by atoms with E-state index in [0.29, 0.717) is 17.4 Å². The minimum Gasteiger partial charge on any atom is -0.308 e. The van der Waals surface area contributed by atoms with Gasteiger partial charge in [0.2, 0.25) is 0 Å². The van der Waals surface area contributed by atoms with Gasteiger partial charge in [0.05, 0.1) is 11.9 Å². The normalized spacial score (nSPS) is 11.2. The van der Waals surface area contributed by atoms with E-state index in [0.717, 1.165) is 6.54 Å². The van der Waals surface area contributed by atoms with Crippen LogP contribution < -0.4 is 5.56 Å². The van der Waals surface area contributed by atoms with Crippen LogP contribution >= 0.6 is 0 Å². The Bertz CT molecular complexity index is 547. The molecule has 0 aliphatic rings. The van der Waals surface area contributed by atoms with Crippen molar-refractivity contribution in [2.45, 2.75) is 6.54 Å². The lowest BCUT2D eigenvalue weighted by molar-refractivity contribution is 0.363. The molecule has 0 N–H and O–H groups in total. The SMILES string of the molecule is CN(C)CCn1nnc2ccccc2c1=O.